The van der Waals surface area contributed by atoms with Gasteiger partial charge in [-0.25, -0.2) is 19.3 Å². The van der Waals surface area contributed by atoms with Crippen LogP contribution in [0.3, 0.4) is 0 Å². The standard InChI is InChI=1S/C28H27FN8O2/c1-2-25(38)34-27(39)23-16-19(8-10-30-23)22-5-3-4-20-17-32-28(35-26(20)22)33-21-6-7-24(31-18-21)37-14-12-36(11-9-29)13-15-37/h2-8,10,16-18H,1,9,11-15H2,(H,32,33,35)(H,34,38,39). The lowest BCUT2D eigenvalue weighted by Gasteiger charge is -2.34. The van der Waals surface area contributed by atoms with Gasteiger partial charge < -0.3 is 10.2 Å². The van der Waals surface area contributed by atoms with Crippen LogP contribution in [0.4, 0.5) is 21.8 Å². The first kappa shape index (κ1) is 25.9. The van der Waals surface area contributed by atoms with E-state index in [0.29, 0.717) is 23.6 Å². The molecule has 1 fully saturated rings. The van der Waals surface area contributed by atoms with Gasteiger partial charge in [0.15, 0.2) is 0 Å². The van der Waals surface area contributed by atoms with Crippen LogP contribution in [0, 0.1) is 0 Å². The highest BCUT2D eigenvalue weighted by Gasteiger charge is 2.18. The largest absolute Gasteiger partial charge is 0.354 e. The molecule has 1 aliphatic heterocycles. The molecule has 2 amide bonds. The van der Waals surface area contributed by atoms with E-state index in [-0.39, 0.29) is 12.4 Å². The van der Waals surface area contributed by atoms with Gasteiger partial charge >= 0.3 is 0 Å². The number of carbonyl (C=O) groups excluding carboxylic acids is 2. The number of imide groups is 1. The number of amides is 2. The summed E-state index contributed by atoms with van der Waals surface area (Å²) in [4.78, 5) is 46.1. The van der Waals surface area contributed by atoms with E-state index >= 15 is 0 Å². The molecule has 0 aliphatic carbocycles. The highest BCUT2D eigenvalue weighted by atomic mass is 19.1. The molecule has 10 nitrogen and oxygen atoms in total. The Morgan fingerprint density at radius 3 is 2.62 bits per heavy atom. The van der Waals surface area contributed by atoms with Crippen LogP contribution in [-0.2, 0) is 4.79 Å². The lowest BCUT2D eigenvalue weighted by atomic mass is 10.0. The summed E-state index contributed by atoms with van der Waals surface area (Å²) in [5.41, 5.74) is 3.02. The van der Waals surface area contributed by atoms with Crippen molar-refractivity contribution in [3.05, 3.63) is 79.4 Å². The number of rotatable bonds is 8. The molecule has 1 aliphatic rings. The van der Waals surface area contributed by atoms with Crippen molar-refractivity contribution in [3.63, 3.8) is 0 Å². The lowest BCUT2D eigenvalue weighted by Crippen LogP contribution is -2.47. The molecule has 39 heavy (non-hydrogen) atoms. The Balaban J connectivity index is 1.34. The van der Waals surface area contributed by atoms with Gasteiger partial charge in [0.2, 0.25) is 11.9 Å². The average molecular weight is 527 g/mol. The number of piperazine rings is 1. The summed E-state index contributed by atoms with van der Waals surface area (Å²) in [6, 6.07) is 12.9. The van der Waals surface area contributed by atoms with E-state index in [4.69, 9.17) is 4.98 Å². The molecular formula is C28H27FN8O2. The molecule has 0 bridgehead atoms. The molecule has 4 heterocycles. The van der Waals surface area contributed by atoms with Crippen LogP contribution in [0.1, 0.15) is 10.5 Å². The van der Waals surface area contributed by atoms with Gasteiger partial charge in [-0.2, -0.15) is 0 Å². The molecule has 2 N–H and O–H groups in total. The summed E-state index contributed by atoms with van der Waals surface area (Å²) in [5, 5.41) is 6.24. The predicted octanol–water partition coefficient (Wildman–Crippen LogP) is 3.36. The molecule has 0 unspecified atom stereocenters. The Hall–Kier alpha value is -4.77. The molecule has 0 saturated carbocycles. The number of pyridine rings is 2. The van der Waals surface area contributed by atoms with E-state index in [1.165, 1.54) is 6.20 Å². The van der Waals surface area contributed by atoms with Crippen molar-refractivity contribution in [2.24, 2.45) is 0 Å². The molecule has 5 rings (SSSR count). The van der Waals surface area contributed by atoms with E-state index in [9.17, 15) is 14.0 Å². The number of hydrogen-bond donors (Lipinski definition) is 2. The molecule has 0 spiro atoms. The Bertz CT molecular complexity index is 1500. The first-order valence-corrected chi connectivity index (χ1v) is 12.5. The lowest BCUT2D eigenvalue weighted by molar-refractivity contribution is -0.115. The van der Waals surface area contributed by atoms with Crippen LogP contribution >= 0.6 is 0 Å². The number of fused-ring (bicyclic) bond motifs is 1. The summed E-state index contributed by atoms with van der Waals surface area (Å²) in [7, 11) is 0. The molecule has 4 aromatic rings. The van der Waals surface area contributed by atoms with Crippen LogP contribution < -0.4 is 15.5 Å². The highest BCUT2D eigenvalue weighted by Crippen LogP contribution is 2.28. The number of aromatic nitrogens is 4. The van der Waals surface area contributed by atoms with Crippen molar-refractivity contribution >= 4 is 40.2 Å². The Labute approximate surface area is 224 Å². The second-order valence-electron chi connectivity index (χ2n) is 8.94. The fourth-order valence-electron chi connectivity index (χ4n) is 4.39. The van der Waals surface area contributed by atoms with E-state index < -0.39 is 11.8 Å². The van der Waals surface area contributed by atoms with Crippen LogP contribution in [-0.4, -0.2) is 76.0 Å². The minimum Gasteiger partial charge on any atom is -0.354 e. The van der Waals surface area contributed by atoms with Gasteiger partial charge in [0.05, 0.1) is 17.4 Å². The third-order valence-electron chi connectivity index (χ3n) is 6.44. The number of alkyl halides is 1. The van der Waals surface area contributed by atoms with E-state index in [2.05, 4.69) is 42.0 Å². The maximum Gasteiger partial charge on any atom is 0.276 e. The normalized spacial score (nSPS) is 13.7. The quantitative estimate of drug-likeness (QED) is 0.333. The number of nitrogens with zero attached hydrogens (tertiary/aromatic N) is 6. The molecule has 0 radical (unpaired) electrons. The monoisotopic (exact) mass is 526 g/mol. The first-order chi connectivity index (χ1) is 19.0. The Morgan fingerprint density at radius 2 is 1.87 bits per heavy atom. The molecule has 11 heteroatoms. The van der Waals surface area contributed by atoms with E-state index in [1.54, 1.807) is 24.5 Å². The van der Waals surface area contributed by atoms with Crippen LogP contribution in [0.25, 0.3) is 22.0 Å². The minimum atomic E-state index is -0.614. The van der Waals surface area contributed by atoms with Gasteiger partial charge in [-0.15, -0.1) is 0 Å². The van der Waals surface area contributed by atoms with Gasteiger partial charge in [-0.05, 0) is 35.9 Å². The number of benzene rings is 1. The Morgan fingerprint density at radius 1 is 1.03 bits per heavy atom. The summed E-state index contributed by atoms with van der Waals surface area (Å²) < 4.78 is 12.6. The van der Waals surface area contributed by atoms with E-state index in [1.807, 2.05) is 30.3 Å². The number of halogens is 1. The molecule has 1 saturated heterocycles. The number of para-hydroxylation sites is 1. The molecular weight excluding hydrogens is 499 g/mol. The summed E-state index contributed by atoms with van der Waals surface area (Å²) in [6.07, 6.45) is 6.00. The molecule has 198 valence electrons. The number of nitrogens with one attached hydrogen (secondary N) is 2. The second-order valence-corrected chi connectivity index (χ2v) is 8.94. The van der Waals surface area contributed by atoms with Crippen molar-refractivity contribution in [1.29, 1.82) is 0 Å². The van der Waals surface area contributed by atoms with Crippen molar-refractivity contribution < 1.29 is 14.0 Å². The molecule has 3 aromatic heterocycles. The van der Waals surface area contributed by atoms with Gasteiger partial charge in [0, 0.05) is 56.1 Å². The summed E-state index contributed by atoms with van der Waals surface area (Å²) in [6.45, 7) is 6.75. The third-order valence-corrected chi connectivity index (χ3v) is 6.44. The number of hydrogen-bond acceptors (Lipinski definition) is 9. The Kier molecular flexibility index (Phi) is 7.78. The zero-order valence-corrected chi connectivity index (χ0v) is 21.2. The third kappa shape index (κ3) is 6.04. The summed E-state index contributed by atoms with van der Waals surface area (Å²) in [5.74, 6) is 0.0541. The highest BCUT2D eigenvalue weighted by molar-refractivity contribution is 6.07. The van der Waals surface area contributed by atoms with Crippen LogP contribution in [0.15, 0.2) is 73.7 Å². The van der Waals surface area contributed by atoms with Gasteiger partial charge in [0.25, 0.3) is 5.91 Å². The first-order valence-electron chi connectivity index (χ1n) is 12.5. The SMILES string of the molecule is C=CC(=O)NC(=O)c1cc(-c2cccc3cnc(Nc4ccc(N5CCN(CCF)CC5)nc4)nc23)ccn1. The molecule has 0 atom stereocenters. The number of anilines is 3. The van der Waals surface area contributed by atoms with Crippen molar-refractivity contribution in [2.75, 3.05) is 49.6 Å². The summed E-state index contributed by atoms with van der Waals surface area (Å²) >= 11 is 0. The zero-order valence-electron chi connectivity index (χ0n) is 21.2. The molecule has 1 aromatic carbocycles. The second kappa shape index (κ2) is 11.7. The zero-order chi connectivity index (χ0) is 27.2. The van der Waals surface area contributed by atoms with E-state index in [0.717, 1.165) is 54.7 Å². The fourth-order valence-corrected chi connectivity index (χ4v) is 4.39. The van der Waals surface area contributed by atoms with Crippen molar-refractivity contribution in [3.8, 4) is 11.1 Å². The van der Waals surface area contributed by atoms with Crippen LogP contribution in [0.5, 0.6) is 0 Å². The van der Waals surface area contributed by atoms with Crippen LogP contribution in [0.2, 0.25) is 0 Å². The minimum absolute atomic E-state index is 0.0992. The maximum atomic E-state index is 12.6. The van der Waals surface area contributed by atoms with Gasteiger partial charge in [0.1, 0.15) is 18.2 Å². The van der Waals surface area contributed by atoms with Gasteiger partial charge in [-0.3, -0.25) is 24.8 Å². The maximum absolute atomic E-state index is 12.6. The average Bonchev–Trinajstić information content (AvgIpc) is 2.98. The predicted molar refractivity (Wildman–Crippen MR) is 148 cm³/mol. The van der Waals surface area contributed by atoms with Crippen molar-refractivity contribution in [2.45, 2.75) is 0 Å². The topological polar surface area (TPSA) is 116 Å². The smallest absolute Gasteiger partial charge is 0.276 e. The van der Waals surface area contributed by atoms with Gasteiger partial charge in [-0.1, -0.05) is 24.8 Å². The fraction of sp³-hybridized carbons (Fsp3) is 0.214. The number of carbonyl (C=O) groups is 2. The van der Waals surface area contributed by atoms with Crippen molar-refractivity contribution in [1.82, 2.24) is 30.2 Å².